The van der Waals surface area contributed by atoms with Gasteiger partial charge in [-0.2, -0.15) is 0 Å². The van der Waals surface area contributed by atoms with Gasteiger partial charge in [-0.15, -0.1) is 0 Å². The number of piperazine rings is 1. The minimum Gasteiger partial charge on any atom is -0.353 e. The van der Waals surface area contributed by atoms with Crippen molar-refractivity contribution in [3.05, 3.63) is 48.3 Å². The maximum atomic E-state index is 12.0. The van der Waals surface area contributed by atoms with Crippen LogP contribution in [-0.2, 0) is 0 Å². The highest BCUT2D eigenvalue weighted by molar-refractivity contribution is 5.94. The van der Waals surface area contributed by atoms with E-state index in [1.165, 1.54) is 0 Å². The Morgan fingerprint density at radius 1 is 0.958 bits per heavy atom. The lowest BCUT2D eigenvalue weighted by Gasteiger charge is -2.36. The van der Waals surface area contributed by atoms with Gasteiger partial charge in [0.05, 0.1) is 5.56 Å². The van der Waals surface area contributed by atoms with E-state index in [1.807, 2.05) is 36.5 Å². The van der Waals surface area contributed by atoms with Gasteiger partial charge in [-0.1, -0.05) is 6.07 Å². The molecule has 1 N–H and O–H groups in total. The molecule has 0 spiro atoms. The Hall–Kier alpha value is -2.63. The van der Waals surface area contributed by atoms with Crippen molar-refractivity contribution < 1.29 is 4.79 Å². The number of rotatable bonds is 4. The van der Waals surface area contributed by atoms with Gasteiger partial charge in [0.15, 0.2) is 0 Å². The van der Waals surface area contributed by atoms with Crippen LogP contribution in [-0.4, -0.2) is 48.1 Å². The smallest absolute Gasteiger partial charge is 0.253 e. The molecule has 1 saturated heterocycles. The summed E-state index contributed by atoms with van der Waals surface area (Å²) in [5.41, 5.74) is 0.637. The van der Waals surface area contributed by atoms with Gasteiger partial charge in [0.2, 0.25) is 0 Å². The number of amides is 1. The van der Waals surface area contributed by atoms with E-state index in [0.29, 0.717) is 11.6 Å². The van der Waals surface area contributed by atoms with Crippen LogP contribution in [0.1, 0.15) is 23.2 Å². The van der Waals surface area contributed by atoms with E-state index in [2.05, 4.69) is 25.1 Å². The molecule has 2 aromatic rings. The van der Waals surface area contributed by atoms with Gasteiger partial charge < -0.3 is 15.1 Å². The number of aromatic nitrogens is 2. The first kappa shape index (κ1) is 14.9. The topological polar surface area (TPSA) is 61.4 Å². The Bertz CT molecular complexity index is 691. The van der Waals surface area contributed by atoms with Gasteiger partial charge in [-0.25, -0.2) is 9.97 Å². The number of nitrogens with one attached hydrogen (secondary N) is 1. The third-order valence-corrected chi connectivity index (χ3v) is 4.50. The van der Waals surface area contributed by atoms with Crippen molar-refractivity contribution in [2.75, 3.05) is 36.0 Å². The summed E-state index contributed by atoms with van der Waals surface area (Å²) in [5.74, 6) is 1.94. The Balaban J connectivity index is 1.36. The minimum absolute atomic E-state index is 0.0171. The summed E-state index contributed by atoms with van der Waals surface area (Å²) in [6, 6.07) is 10.2. The maximum Gasteiger partial charge on any atom is 0.253 e. The normalized spacial score (nSPS) is 17.7. The van der Waals surface area contributed by atoms with Crippen LogP contribution in [0.25, 0.3) is 0 Å². The van der Waals surface area contributed by atoms with Crippen LogP contribution in [0.15, 0.2) is 42.7 Å². The van der Waals surface area contributed by atoms with E-state index in [4.69, 9.17) is 0 Å². The van der Waals surface area contributed by atoms with E-state index in [-0.39, 0.29) is 5.91 Å². The summed E-state index contributed by atoms with van der Waals surface area (Å²) in [6.45, 7) is 3.64. The fourth-order valence-corrected chi connectivity index (χ4v) is 2.91. The Morgan fingerprint density at radius 3 is 2.21 bits per heavy atom. The van der Waals surface area contributed by atoms with Gasteiger partial charge >= 0.3 is 0 Å². The number of hydrogen-bond acceptors (Lipinski definition) is 5. The molecule has 1 aliphatic heterocycles. The molecule has 0 atom stereocenters. The summed E-state index contributed by atoms with van der Waals surface area (Å²) in [4.78, 5) is 25.4. The number of nitrogens with zero attached hydrogens (tertiary/aromatic N) is 4. The van der Waals surface area contributed by atoms with Crippen molar-refractivity contribution >= 4 is 17.5 Å². The maximum absolute atomic E-state index is 12.0. The quantitative estimate of drug-likeness (QED) is 0.928. The third kappa shape index (κ3) is 3.32. The van der Waals surface area contributed by atoms with Gasteiger partial charge in [-0.05, 0) is 37.1 Å². The highest BCUT2D eigenvalue weighted by Gasteiger charge is 2.24. The zero-order valence-electron chi connectivity index (χ0n) is 13.6. The summed E-state index contributed by atoms with van der Waals surface area (Å²) < 4.78 is 0. The number of anilines is 2. The van der Waals surface area contributed by atoms with Crippen molar-refractivity contribution in [3.63, 3.8) is 0 Å². The molecule has 0 unspecified atom stereocenters. The van der Waals surface area contributed by atoms with Crippen molar-refractivity contribution in [1.82, 2.24) is 15.3 Å². The van der Waals surface area contributed by atoms with E-state index in [9.17, 15) is 4.79 Å². The van der Waals surface area contributed by atoms with E-state index in [0.717, 1.165) is 50.7 Å². The van der Waals surface area contributed by atoms with E-state index in [1.54, 1.807) is 6.20 Å². The van der Waals surface area contributed by atoms with Crippen LogP contribution in [0.3, 0.4) is 0 Å². The Morgan fingerprint density at radius 2 is 1.67 bits per heavy atom. The van der Waals surface area contributed by atoms with Gasteiger partial charge in [0.1, 0.15) is 11.6 Å². The van der Waals surface area contributed by atoms with Crippen LogP contribution in [0.4, 0.5) is 11.6 Å². The summed E-state index contributed by atoms with van der Waals surface area (Å²) in [6.07, 6.45) is 5.70. The molecule has 1 saturated carbocycles. The van der Waals surface area contributed by atoms with Crippen LogP contribution >= 0.6 is 0 Å². The first-order valence-corrected chi connectivity index (χ1v) is 8.47. The van der Waals surface area contributed by atoms with Crippen LogP contribution in [0.2, 0.25) is 0 Å². The molecule has 2 fully saturated rings. The number of carbonyl (C=O) groups is 1. The molecule has 24 heavy (non-hydrogen) atoms. The minimum atomic E-state index is -0.0171. The Kier molecular flexibility index (Phi) is 4.02. The monoisotopic (exact) mass is 323 g/mol. The average Bonchev–Trinajstić information content (AvgIpc) is 3.47. The second-order valence-corrected chi connectivity index (χ2v) is 6.31. The highest BCUT2D eigenvalue weighted by Crippen LogP contribution is 2.20. The molecule has 6 nitrogen and oxygen atoms in total. The molecule has 2 aliphatic rings. The van der Waals surface area contributed by atoms with Crippen molar-refractivity contribution in [1.29, 1.82) is 0 Å². The molecule has 0 bridgehead atoms. The lowest BCUT2D eigenvalue weighted by molar-refractivity contribution is 0.0950. The molecule has 0 radical (unpaired) electrons. The molecule has 6 heteroatoms. The predicted octanol–water partition coefficient (Wildman–Crippen LogP) is 1.70. The summed E-state index contributed by atoms with van der Waals surface area (Å²) in [5, 5.41) is 2.99. The van der Waals surface area contributed by atoms with Gasteiger partial charge in [-0.3, -0.25) is 4.79 Å². The predicted molar refractivity (Wildman–Crippen MR) is 93.4 cm³/mol. The highest BCUT2D eigenvalue weighted by atomic mass is 16.1. The lowest BCUT2D eigenvalue weighted by atomic mass is 10.2. The van der Waals surface area contributed by atoms with Crippen LogP contribution < -0.4 is 15.1 Å². The molecular weight excluding hydrogens is 302 g/mol. The van der Waals surface area contributed by atoms with Gasteiger partial charge in [0.25, 0.3) is 5.91 Å². The van der Waals surface area contributed by atoms with Crippen LogP contribution in [0.5, 0.6) is 0 Å². The van der Waals surface area contributed by atoms with Crippen molar-refractivity contribution in [2.24, 2.45) is 0 Å². The zero-order valence-corrected chi connectivity index (χ0v) is 13.6. The van der Waals surface area contributed by atoms with Crippen molar-refractivity contribution in [3.8, 4) is 0 Å². The largest absolute Gasteiger partial charge is 0.353 e. The van der Waals surface area contributed by atoms with Crippen molar-refractivity contribution in [2.45, 2.75) is 18.9 Å². The first-order chi connectivity index (χ1) is 11.8. The van der Waals surface area contributed by atoms with E-state index < -0.39 is 0 Å². The second kappa shape index (κ2) is 6.47. The lowest BCUT2D eigenvalue weighted by Crippen LogP contribution is -2.47. The fourth-order valence-electron chi connectivity index (χ4n) is 2.91. The van der Waals surface area contributed by atoms with Crippen LogP contribution in [0, 0.1) is 0 Å². The number of pyridine rings is 2. The van der Waals surface area contributed by atoms with Gasteiger partial charge in [0, 0.05) is 44.6 Å². The number of hydrogen-bond donors (Lipinski definition) is 1. The molecule has 1 amide bonds. The second-order valence-electron chi connectivity index (χ2n) is 6.31. The molecule has 0 aromatic carbocycles. The SMILES string of the molecule is O=C(NC1CC1)c1ccc(N2CCN(c3ccccn3)CC2)nc1. The first-order valence-electron chi connectivity index (χ1n) is 8.47. The molecule has 2 aromatic heterocycles. The molecule has 3 heterocycles. The zero-order chi connectivity index (χ0) is 16.4. The fraction of sp³-hybridized carbons (Fsp3) is 0.389. The number of carbonyl (C=O) groups excluding carboxylic acids is 1. The molecular formula is C18H21N5O. The molecule has 4 rings (SSSR count). The standard InChI is InChI=1S/C18H21N5O/c24-18(21-15-5-6-15)14-4-7-17(20-13-14)23-11-9-22(10-12-23)16-3-1-2-8-19-16/h1-4,7-8,13,15H,5-6,9-12H2,(H,21,24). The molecule has 1 aliphatic carbocycles. The molecule has 124 valence electrons. The summed E-state index contributed by atoms with van der Waals surface area (Å²) >= 11 is 0. The van der Waals surface area contributed by atoms with E-state index >= 15 is 0 Å². The summed E-state index contributed by atoms with van der Waals surface area (Å²) in [7, 11) is 0. The average molecular weight is 323 g/mol. The third-order valence-electron chi connectivity index (χ3n) is 4.50. The Labute approximate surface area is 141 Å².